The van der Waals surface area contributed by atoms with Crippen molar-refractivity contribution >= 4 is 27.6 Å². The summed E-state index contributed by atoms with van der Waals surface area (Å²) in [7, 11) is 0. The Kier molecular flexibility index (Phi) is 3.32. The van der Waals surface area contributed by atoms with Crippen molar-refractivity contribution in [1.29, 1.82) is 0 Å². The third kappa shape index (κ3) is 2.15. The first kappa shape index (κ1) is 12.1. The summed E-state index contributed by atoms with van der Waals surface area (Å²) in [6, 6.07) is 3.65. The van der Waals surface area contributed by atoms with Gasteiger partial charge in [-0.1, -0.05) is 11.3 Å². The van der Waals surface area contributed by atoms with E-state index in [0.717, 1.165) is 17.0 Å². The minimum Gasteiger partial charge on any atom is -0.616 e. The first-order chi connectivity index (χ1) is 8.75. The molecule has 0 saturated carbocycles. The third-order valence-electron chi connectivity index (χ3n) is 2.84. The highest BCUT2D eigenvalue weighted by molar-refractivity contribution is 7.91. The quantitative estimate of drug-likeness (QED) is 0.858. The third-order valence-corrected chi connectivity index (χ3v) is 5.63. The molecule has 1 aliphatic rings. The average molecular weight is 280 g/mol. The predicted octanol–water partition coefficient (Wildman–Crippen LogP) is 2.65. The Morgan fingerprint density at radius 3 is 3.22 bits per heavy atom. The second kappa shape index (κ2) is 4.95. The van der Waals surface area contributed by atoms with E-state index in [-0.39, 0.29) is 5.25 Å². The topological polar surface area (TPSA) is 75.1 Å². The largest absolute Gasteiger partial charge is 0.616 e. The Balaban J connectivity index is 2.01. The smallest absolute Gasteiger partial charge is 0.181 e. The van der Waals surface area contributed by atoms with E-state index in [1.807, 2.05) is 12.1 Å². The van der Waals surface area contributed by atoms with Crippen molar-refractivity contribution < 1.29 is 8.97 Å². The lowest BCUT2D eigenvalue weighted by atomic mass is 10.1. The Morgan fingerprint density at radius 1 is 1.61 bits per heavy atom. The number of furan rings is 1. The Morgan fingerprint density at radius 2 is 2.50 bits per heavy atom. The normalized spacial score (nSPS) is 24.3. The summed E-state index contributed by atoms with van der Waals surface area (Å²) in [5.41, 5.74) is 6.51. The van der Waals surface area contributed by atoms with Crippen molar-refractivity contribution in [1.82, 2.24) is 4.98 Å². The van der Waals surface area contributed by atoms with Crippen LogP contribution in [0.25, 0.3) is 11.5 Å². The van der Waals surface area contributed by atoms with Crippen LogP contribution >= 0.6 is 11.3 Å². The van der Waals surface area contributed by atoms with E-state index in [1.54, 1.807) is 6.26 Å². The Labute approximate surface area is 112 Å². The van der Waals surface area contributed by atoms with Crippen LogP contribution < -0.4 is 5.73 Å². The fourth-order valence-electron chi connectivity index (χ4n) is 2.01. The van der Waals surface area contributed by atoms with Crippen molar-refractivity contribution in [2.45, 2.75) is 18.1 Å². The first-order valence-electron chi connectivity index (χ1n) is 5.63. The highest BCUT2D eigenvalue weighted by atomic mass is 32.2. The molecule has 2 aromatic heterocycles. The molecule has 2 aromatic rings. The fourth-order valence-corrected chi connectivity index (χ4v) is 4.58. The summed E-state index contributed by atoms with van der Waals surface area (Å²) in [4.78, 5) is 5.25. The van der Waals surface area contributed by atoms with E-state index in [0.29, 0.717) is 23.1 Å². The number of thiazole rings is 1. The lowest BCUT2D eigenvalue weighted by Crippen LogP contribution is -2.21. The van der Waals surface area contributed by atoms with Gasteiger partial charge in [0.2, 0.25) is 0 Å². The molecule has 0 spiro atoms. The maximum atomic E-state index is 12.1. The van der Waals surface area contributed by atoms with E-state index < -0.39 is 11.2 Å². The maximum absolute atomic E-state index is 12.1. The molecule has 2 radical (unpaired) electrons. The van der Waals surface area contributed by atoms with Crippen molar-refractivity contribution in [3.63, 3.8) is 0 Å². The minimum absolute atomic E-state index is 0.0475. The molecule has 2 N–H and O–H groups in total. The number of rotatable bonds is 2. The molecule has 3 rings (SSSR count). The van der Waals surface area contributed by atoms with Crippen molar-refractivity contribution in [2.75, 3.05) is 11.5 Å². The standard InChI is InChI=1S/C12H12N2O2S2/c13-12-14-10(8-4-3-6-16-8)11(17-12)9-5-1-2-7-18(9)15/h3-4,6,9H,2,5,7H2,(H2,13,14). The lowest BCUT2D eigenvalue weighted by Gasteiger charge is -2.24. The zero-order valence-electron chi connectivity index (χ0n) is 9.59. The molecule has 2 atom stereocenters. The molecule has 1 aliphatic heterocycles. The summed E-state index contributed by atoms with van der Waals surface area (Å²) in [5, 5.41) is 0.438. The molecule has 4 nitrogen and oxygen atoms in total. The molecule has 3 heterocycles. The monoisotopic (exact) mass is 280 g/mol. The van der Waals surface area contributed by atoms with E-state index in [2.05, 4.69) is 11.4 Å². The minimum atomic E-state index is -0.877. The summed E-state index contributed by atoms with van der Waals surface area (Å²) < 4.78 is 17.5. The number of nitrogens with two attached hydrogens (primary N) is 1. The van der Waals surface area contributed by atoms with Gasteiger partial charge in [-0.3, -0.25) is 0 Å². The van der Waals surface area contributed by atoms with Crippen LogP contribution in [0.5, 0.6) is 0 Å². The number of nitrogen functional groups attached to an aromatic ring is 1. The molecule has 0 amide bonds. The molecule has 94 valence electrons. The molecule has 0 aromatic carbocycles. The van der Waals surface area contributed by atoms with Crippen LogP contribution in [0.4, 0.5) is 5.13 Å². The van der Waals surface area contributed by atoms with Crippen molar-refractivity contribution in [3.8, 4) is 11.5 Å². The number of hydrogen-bond acceptors (Lipinski definition) is 5. The van der Waals surface area contributed by atoms with Gasteiger partial charge >= 0.3 is 0 Å². The number of aromatic nitrogens is 1. The van der Waals surface area contributed by atoms with Crippen LogP contribution in [0.1, 0.15) is 23.0 Å². The molecule has 18 heavy (non-hydrogen) atoms. The van der Waals surface area contributed by atoms with E-state index >= 15 is 0 Å². The van der Waals surface area contributed by atoms with Gasteiger partial charge < -0.3 is 14.7 Å². The zero-order chi connectivity index (χ0) is 12.5. The fraction of sp³-hybridized carbons (Fsp3) is 0.333. The average Bonchev–Trinajstić information content (AvgIpc) is 2.98. The second-order valence-electron chi connectivity index (χ2n) is 4.02. The zero-order valence-corrected chi connectivity index (χ0v) is 11.2. The van der Waals surface area contributed by atoms with Crippen LogP contribution in [0.2, 0.25) is 0 Å². The lowest BCUT2D eigenvalue weighted by molar-refractivity contribution is 0.567. The van der Waals surface area contributed by atoms with E-state index in [9.17, 15) is 4.55 Å². The summed E-state index contributed by atoms with van der Waals surface area (Å²) in [6.45, 7) is 0. The van der Waals surface area contributed by atoms with Gasteiger partial charge in [0.1, 0.15) is 11.4 Å². The number of anilines is 1. The molecule has 2 unspecified atom stereocenters. The predicted molar refractivity (Wildman–Crippen MR) is 72.5 cm³/mol. The Bertz CT molecular complexity index is 524. The van der Waals surface area contributed by atoms with Crippen molar-refractivity contribution in [3.05, 3.63) is 29.7 Å². The molecule has 0 aliphatic carbocycles. The molecular weight excluding hydrogens is 268 g/mol. The van der Waals surface area contributed by atoms with Gasteiger partial charge in [0, 0.05) is 6.42 Å². The van der Waals surface area contributed by atoms with Gasteiger partial charge in [-0.25, -0.2) is 4.98 Å². The molecule has 1 fully saturated rings. The van der Waals surface area contributed by atoms with E-state index in [4.69, 9.17) is 10.2 Å². The van der Waals surface area contributed by atoms with Crippen LogP contribution in [-0.4, -0.2) is 15.3 Å². The van der Waals surface area contributed by atoms with Gasteiger partial charge in [-0.2, -0.15) is 0 Å². The van der Waals surface area contributed by atoms with E-state index in [1.165, 1.54) is 11.3 Å². The van der Waals surface area contributed by atoms with Gasteiger partial charge in [-0.15, -0.1) is 0 Å². The van der Waals surface area contributed by atoms with Gasteiger partial charge in [-0.05, 0) is 36.2 Å². The first-order valence-corrected chi connectivity index (χ1v) is 7.83. The van der Waals surface area contributed by atoms with Crippen LogP contribution in [-0.2, 0) is 11.2 Å². The molecule has 0 bridgehead atoms. The van der Waals surface area contributed by atoms with Crippen LogP contribution in [0.15, 0.2) is 22.8 Å². The second-order valence-corrected chi connectivity index (χ2v) is 6.82. The molecule has 1 saturated heterocycles. The van der Waals surface area contributed by atoms with Crippen LogP contribution in [0, 0.1) is 6.42 Å². The van der Waals surface area contributed by atoms with Gasteiger partial charge in [0.25, 0.3) is 0 Å². The van der Waals surface area contributed by atoms with Gasteiger partial charge in [0.15, 0.2) is 16.1 Å². The highest BCUT2D eigenvalue weighted by Crippen LogP contribution is 2.42. The summed E-state index contributed by atoms with van der Waals surface area (Å²) in [6.07, 6.45) is 6.36. The number of hydrogen-bond donors (Lipinski definition) is 1. The highest BCUT2D eigenvalue weighted by Gasteiger charge is 2.33. The maximum Gasteiger partial charge on any atom is 0.181 e. The molecule has 6 heteroatoms. The molecular formula is C12H12N2O2S2. The number of nitrogens with zero attached hydrogens (tertiary/aromatic N) is 1. The van der Waals surface area contributed by atoms with Crippen molar-refractivity contribution in [2.24, 2.45) is 0 Å². The van der Waals surface area contributed by atoms with Gasteiger partial charge in [0.05, 0.1) is 11.1 Å². The summed E-state index contributed by atoms with van der Waals surface area (Å²) in [5.74, 6) is 1.35. The van der Waals surface area contributed by atoms with Crippen LogP contribution in [0.3, 0.4) is 0 Å². The SMILES string of the molecule is Nc1nc(-c2ccco2)c(C2C[C]CC[S+]2[O-])s1. The summed E-state index contributed by atoms with van der Waals surface area (Å²) >= 11 is 0.520. The Hall–Kier alpha value is -0.980.